The molecule has 1 heterocycles. The SMILES string of the molecule is CC(=O)[C@H]1OCC[C@@H]1Cl. The highest BCUT2D eigenvalue weighted by atomic mass is 35.5. The number of halogens is 1. The van der Waals surface area contributed by atoms with Crippen molar-refractivity contribution in [2.24, 2.45) is 0 Å². The molecule has 1 aliphatic rings. The fraction of sp³-hybridized carbons (Fsp3) is 0.833. The van der Waals surface area contributed by atoms with Gasteiger partial charge in [-0.2, -0.15) is 0 Å². The fourth-order valence-electron chi connectivity index (χ4n) is 0.935. The zero-order valence-electron chi connectivity index (χ0n) is 5.26. The molecule has 1 rings (SSSR count). The molecule has 0 aromatic rings. The molecule has 0 radical (unpaired) electrons. The smallest absolute Gasteiger partial charge is 0.160 e. The van der Waals surface area contributed by atoms with Crippen molar-refractivity contribution in [3.8, 4) is 0 Å². The van der Waals surface area contributed by atoms with E-state index in [0.29, 0.717) is 6.61 Å². The van der Waals surface area contributed by atoms with Gasteiger partial charge in [0.05, 0.1) is 5.38 Å². The van der Waals surface area contributed by atoms with Gasteiger partial charge >= 0.3 is 0 Å². The minimum Gasteiger partial charge on any atom is -0.369 e. The van der Waals surface area contributed by atoms with Crippen LogP contribution >= 0.6 is 11.6 Å². The van der Waals surface area contributed by atoms with Crippen LogP contribution in [0, 0.1) is 0 Å². The summed E-state index contributed by atoms with van der Waals surface area (Å²) in [4.78, 5) is 10.6. The van der Waals surface area contributed by atoms with Crippen molar-refractivity contribution in [3.05, 3.63) is 0 Å². The number of carbonyl (C=O) groups is 1. The summed E-state index contributed by atoms with van der Waals surface area (Å²) in [5.74, 6) is 0.0347. The van der Waals surface area contributed by atoms with Crippen LogP contribution in [0.15, 0.2) is 0 Å². The van der Waals surface area contributed by atoms with Gasteiger partial charge in [-0.3, -0.25) is 4.79 Å². The van der Waals surface area contributed by atoms with Crippen LogP contribution in [-0.2, 0) is 9.53 Å². The maximum atomic E-state index is 10.6. The summed E-state index contributed by atoms with van der Waals surface area (Å²) in [6.07, 6.45) is 0.456. The molecule has 3 heteroatoms. The number of rotatable bonds is 1. The second-order valence-corrected chi connectivity index (χ2v) is 2.77. The number of ether oxygens (including phenoxy) is 1. The third-order valence-corrected chi connectivity index (χ3v) is 1.87. The number of carbonyl (C=O) groups excluding carboxylic acids is 1. The van der Waals surface area contributed by atoms with Crippen LogP contribution in [0.1, 0.15) is 13.3 Å². The van der Waals surface area contributed by atoms with Gasteiger partial charge < -0.3 is 4.74 Å². The highest BCUT2D eigenvalue weighted by molar-refractivity contribution is 6.22. The second kappa shape index (κ2) is 2.67. The summed E-state index contributed by atoms with van der Waals surface area (Å²) in [6.45, 7) is 2.13. The van der Waals surface area contributed by atoms with Gasteiger partial charge in [0.1, 0.15) is 6.10 Å². The van der Waals surface area contributed by atoms with Gasteiger partial charge in [0.15, 0.2) is 5.78 Å². The van der Waals surface area contributed by atoms with Crippen molar-refractivity contribution < 1.29 is 9.53 Å². The first-order valence-electron chi connectivity index (χ1n) is 2.98. The Bertz CT molecular complexity index is 124. The van der Waals surface area contributed by atoms with Crippen LogP contribution in [0.3, 0.4) is 0 Å². The molecule has 0 spiro atoms. The van der Waals surface area contributed by atoms with Crippen LogP contribution in [0.5, 0.6) is 0 Å². The molecule has 1 fully saturated rings. The van der Waals surface area contributed by atoms with Crippen molar-refractivity contribution in [1.82, 2.24) is 0 Å². The molecule has 0 unspecified atom stereocenters. The molecular formula is C6H9ClO2. The van der Waals surface area contributed by atoms with Crippen molar-refractivity contribution in [1.29, 1.82) is 0 Å². The number of Topliss-reactive ketones (excluding diaryl/α,β-unsaturated/α-hetero) is 1. The molecule has 0 aromatic carbocycles. The fourth-order valence-corrected chi connectivity index (χ4v) is 1.27. The summed E-state index contributed by atoms with van der Waals surface area (Å²) < 4.78 is 5.05. The molecule has 0 amide bonds. The first kappa shape index (κ1) is 7.03. The number of alkyl halides is 1. The quantitative estimate of drug-likeness (QED) is 0.518. The number of hydrogen-bond donors (Lipinski definition) is 0. The van der Waals surface area contributed by atoms with Gasteiger partial charge in [0.2, 0.25) is 0 Å². The molecule has 52 valence electrons. The monoisotopic (exact) mass is 148 g/mol. The predicted molar refractivity (Wildman–Crippen MR) is 34.7 cm³/mol. The normalized spacial score (nSPS) is 34.9. The predicted octanol–water partition coefficient (Wildman–Crippen LogP) is 0.972. The van der Waals surface area contributed by atoms with Crippen molar-refractivity contribution in [2.75, 3.05) is 6.61 Å². The van der Waals surface area contributed by atoms with Crippen LogP contribution in [0.2, 0.25) is 0 Å². The molecular weight excluding hydrogens is 140 g/mol. The highest BCUT2D eigenvalue weighted by Gasteiger charge is 2.29. The summed E-state index contributed by atoms with van der Waals surface area (Å²) in [5.41, 5.74) is 0. The van der Waals surface area contributed by atoms with E-state index in [2.05, 4.69) is 0 Å². The molecule has 2 nitrogen and oxygen atoms in total. The lowest BCUT2D eigenvalue weighted by Crippen LogP contribution is -2.24. The average molecular weight is 149 g/mol. The molecule has 0 bridgehead atoms. The number of ketones is 1. The van der Waals surface area contributed by atoms with Gasteiger partial charge in [-0.05, 0) is 13.3 Å². The van der Waals surface area contributed by atoms with Crippen molar-refractivity contribution in [2.45, 2.75) is 24.8 Å². The molecule has 1 aliphatic heterocycles. The first-order chi connectivity index (χ1) is 4.22. The summed E-state index contributed by atoms with van der Waals surface area (Å²) in [5, 5.41) is -0.0949. The van der Waals surface area contributed by atoms with E-state index >= 15 is 0 Å². The van der Waals surface area contributed by atoms with Crippen molar-refractivity contribution >= 4 is 17.4 Å². The van der Waals surface area contributed by atoms with E-state index in [1.165, 1.54) is 6.92 Å². The van der Waals surface area contributed by atoms with E-state index in [1.807, 2.05) is 0 Å². The Morgan fingerprint density at radius 2 is 2.44 bits per heavy atom. The number of hydrogen-bond acceptors (Lipinski definition) is 2. The summed E-state index contributed by atoms with van der Waals surface area (Å²) in [6, 6.07) is 0. The van der Waals surface area contributed by atoms with Crippen LogP contribution in [-0.4, -0.2) is 23.9 Å². The van der Waals surface area contributed by atoms with E-state index in [-0.39, 0.29) is 17.3 Å². The Kier molecular flexibility index (Phi) is 2.09. The topological polar surface area (TPSA) is 26.3 Å². The van der Waals surface area contributed by atoms with Gasteiger partial charge in [-0.15, -0.1) is 11.6 Å². The third kappa shape index (κ3) is 1.43. The molecule has 0 aromatic heterocycles. The Morgan fingerprint density at radius 1 is 1.78 bits per heavy atom. The summed E-state index contributed by atoms with van der Waals surface area (Å²) >= 11 is 5.73. The molecule has 2 atom stereocenters. The molecule has 1 saturated heterocycles. The van der Waals surface area contributed by atoms with Crippen LogP contribution < -0.4 is 0 Å². The molecule has 0 N–H and O–H groups in total. The highest BCUT2D eigenvalue weighted by Crippen LogP contribution is 2.19. The van der Waals surface area contributed by atoms with Gasteiger partial charge in [-0.25, -0.2) is 0 Å². The Balaban J connectivity index is 2.49. The van der Waals surface area contributed by atoms with E-state index < -0.39 is 0 Å². The van der Waals surface area contributed by atoms with E-state index in [0.717, 1.165) is 6.42 Å². The Morgan fingerprint density at radius 3 is 2.67 bits per heavy atom. The van der Waals surface area contributed by atoms with E-state index in [9.17, 15) is 4.79 Å². The average Bonchev–Trinajstić information content (AvgIpc) is 2.13. The first-order valence-corrected chi connectivity index (χ1v) is 3.41. The van der Waals surface area contributed by atoms with Gasteiger partial charge in [0.25, 0.3) is 0 Å². The minimum absolute atomic E-state index is 0.0347. The lowest BCUT2D eigenvalue weighted by atomic mass is 10.2. The molecule has 0 saturated carbocycles. The largest absolute Gasteiger partial charge is 0.369 e. The van der Waals surface area contributed by atoms with E-state index in [4.69, 9.17) is 16.3 Å². The molecule has 0 aliphatic carbocycles. The van der Waals surface area contributed by atoms with Crippen LogP contribution in [0.25, 0.3) is 0 Å². The zero-order valence-corrected chi connectivity index (χ0v) is 6.02. The minimum atomic E-state index is -0.341. The zero-order chi connectivity index (χ0) is 6.85. The maximum Gasteiger partial charge on any atom is 0.160 e. The van der Waals surface area contributed by atoms with E-state index in [1.54, 1.807) is 0 Å². The third-order valence-electron chi connectivity index (χ3n) is 1.42. The second-order valence-electron chi connectivity index (χ2n) is 2.21. The lowest BCUT2D eigenvalue weighted by molar-refractivity contribution is -0.125. The Labute approximate surface area is 59.1 Å². The maximum absolute atomic E-state index is 10.6. The lowest BCUT2D eigenvalue weighted by Gasteiger charge is -2.06. The van der Waals surface area contributed by atoms with Crippen LogP contribution in [0.4, 0.5) is 0 Å². The Hall–Kier alpha value is -0.0800. The van der Waals surface area contributed by atoms with Gasteiger partial charge in [0, 0.05) is 6.61 Å². The van der Waals surface area contributed by atoms with Crippen molar-refractivity contribution in [3.63, 3.8) is 0 Å². The molecule has 9 heavy (non-hydrogen) atoms. The standard InChI is InChI=1S/C6H9ClO2/c1-4(8)6-5(7)2-3-9-6/h5-6H,2-3H2,1H3/t5-,6+/m0/s1. The van der Waals surface area contributed by atoms with Gasteiger partial charge in [-0.1, -0.05) is 0 Å². The summed E-state index contributed by atoms with van der Waals surface area (Å²) in [7, 11) is 0.